The fourth-order valence-electron chi connectivity index (χ4n) is 3.12. The number of benzene rings is 2. The molecule has 0 radical (unpaired) electrons. The van der Waals surface area contributed by atoms with E-state index in [0.29, 0.717) is 46.8 Å². The van der Waals surface area contributed by atoms with Crippen LogP contribution in [0.3, 0.4) is 0 Å². The third kappa shape index (κ3) is 4.02. The summed E-state index contributed by atoms with van der Waals surface area (Å²) in [5.41, 5.74) is 0.586. The highest BCUT2D eigenvalue weighted by Gasteiger charge is 2.23. The van der Waals surface area contributed by atoms with Crippen molar-refractivity contribution in [2.24, 2.45) is 0 Å². The monoisotopic (exact) mass is 430 g/mol. The summed E-state index contributed by atoms with van der Waals surface area (Å²) in [6.45, 7) is 3.12. The van der Waals surface area contributed by atoms with Crippen molar-refractivity contribution in [3.05, 3.63) is 52.4 Å². The van der Waals surface area contributed by atoms with E-state index < -0.39 is 0 Å². The molecule has 0 unspecified atom stereocenters. The number of likely N-dealkylation sites (N-methyl/N-ethyl adjacent to an activating group) is 1. The Balaban J connectivity index is 1.47. The van der Waals surface area contributed by atoms with Crippen LogP contribution in [0.1, 0.15) is 16.6 Å². The van der Waals surface area contributed by atoms with Gasteiger partial charge in [0.05, 0.1) is 5.02 Å². The first-order valence-electron chi connectivity index (χ1n) is 9.22. The first-order valence-corrected chi connectivity index (χ1v) is 10.4. The minimum atomic E-state index is -0.297. The molecule has 2 amide bonds. The molecule has 1 aliphatic heterocycles. The van der Waals surface area contributed by atoms with Crippen LogP contribution in [-0.4, -0.2) is 43.0 Å². The Morgan fingerprint density at radius 3 is 2.66 bits per heavy atom. The molecular weight excluding hydrogens is 412 g/mol. The standard InChI is InChI=1S/C21H19ClN2O4S/c1-2-24(21(26)20-19(22)14-5-3-4-6-17(14)29-20)12-18(25)23-13-7-8-15-16(11-13)28-10-9-27-15/h3-8,11H,2,9-10,12H2,1H3,(H,23,25). The molecule has 2 heterocycles. The first kappa shape index (κ1) is 19.5. The van der Waals surface area contributed by atoms with Gasteiger partial charge in [-0.1, -0.05) is 29.8 Å². The van der Waals surface area contributed by atoms with Crippen LogP contribution in [0.4, 0.5) is 5.69 Å². The van der Waals surface area contributed by atoms with Crippen molar-refractivity contribution < 1.29 is 19.1 Å². The number of carbonyl (C=O) groups is 2. The third-order valence-electron chi connectivity index (χ3n) is 4.56. The molecular formula is C21H19ClN2O4S. The Morgan fingerprint density at radius 2 is 1.90 bits per heavy atom. The zero-order valence-electron chi connectivity index (χ0n) is 15.7. The molecule has 4 rings (SSSR count). The van der Waals surface area contributed by atoms with Gasteiger partial charge in [0.15, 0.2) is 11.5 Å². The summed E-state index contributed by atoms with van der Waals surface area (Å²) in [6.07, 6.45) is 0. The van der Waals surface area contributed by atoms with Crippen LogP contribution in [-0.2, 0) is 4.79 Å². The van der Waals surface area contributed by atoms with Gasteiger partial charge in [-0.25, -0.2) is 0 Å². The number of amides is 2. The second-order valence-corrected chi connectivity index (χ2v) is 7.90. The van der Waals surface area contributed by atoms with Crippen molar-refractivity contribution in [2.45, 2.75) is 6.92 Å². The van der Waals surface area contributed by atoms with Gasteiger partial charge < -0.3 is 19.7 Å². The molecule has 0 spiro atoms. The van der Waals surface area contributed by atoms with Crippen LogP contribution in [0.15, 0.2) is 42.5 Å². The maximum absolute atomic E-state index is 13.0. The Hall–Kier alpha value is -2.77. The number of carbonyl (C=O) groups excluding carboxylic acids is 2. The van der Waals surface area contributed by atoms with Crippen molar-refractivity contribution in [1.29, 1.82) is 0 Å². The average molecular weight is 431 g/mol. The summed E-state index contributed by atoms with van der Waals surface area (Å²) in [6, 6.07) is 12.8. The van der Waals surface area contributed by atoms with Crippen LogP contribution >= 0.6 is 22.9 Å². The second kappa shape index (κ2) is 8.31. The zero-order chi connectivity index (χ0) is 20.4. The van der Waals surface area contributed by atoms with Crippen molar-refractivity contribution >= 4 is 50.5 Å². The van der Waals surface area contributed by atoms with E-state index in [1.54, 1.807) is 18.2 Å². The molecule has 2 aromatic carbocycles. The van der Waals surface area contributed by atoms with Crippen molar-refractivity contribution in [1.82, 2.24) is 4.90 Å². The Kier molecular flexibility index (Phi) is 5.60. The lowest BCUT2D eigenvalue weighted by Crippen LogP contribution is -2.37. The lowest BCUT2D eigenvalue weighted by Gasteiger charge is -2.21. The maximum atomic E-state index is 13.0. The topological polar surface area (TPSA) is 67.9 Å². The lowest BCUT2D eigenvalue weighted by molar-refractivity contribution is -0.116. The number of anilines is 1. The van der Waals surface area contributed by atoms with Crippen LogP contribution < -0.4 is 14.8 Å². The summed E-state index contributed by atoms with van der Waals surface area (Å²) >= 11 is 7.76. The molecule has 8 heteroatoms. The van der Waals surface area contributed by atoms with Crippen LogP contribution in [0.25, 0.3) is 10.1 Å². The van der Waals surface area contributed by atoms with E-state index in [2.05, 4.69) is 5.32 Å². The number of nitrogens with one attached hydrogen (secondary N) is 1. The predicted molar refractivity (Wildman–Crippen MR) is 114 cm³/mol. The van der Waals surface area contributed by atoms with Gasteiger partial charge in [0.25, 0.3) is 5.91 Å². The Labute approximate surface area is 177 Å². The molecule has 29 heavy (non-hydrogen) atoms. The molecule has 0 fully saturated rings. The van der Waals surface area contributed by atoms with Crippen molar-refractivity contribution in [3.8, 4) is 11.5 Å². The lowest BCUT2D eigenvalue weighted by atomic mass is 10.2. The number of ether oxygens (including phenoxy) is 2. The number of halogens is 1. The number of nitrogens with zero attached hydrogens (tertiary/aromatic N) is 1. The summed E-state index contributed by atoms with van der Waals surface area (Å²) in [5, 5.41) is 4.08. The molecule has 1 aliphatic rings. The highest BCUT2D eigenvalue weighted by Crippen LogP contribution is 2.36. The van der Waals surface area contributed by atoms with E-state index in [1.807, 2.05) is 31.2 Å². The summed E-state index contributed by atoms with van der Waals surface area (Å²) in [5.74, 6) is 0.693. The normalized spacial score (nSPS) is 12.6. The minimum absolute atomic E-state index is 0.0751. The van der Waals surface area contributed by atoms with E-state index in [-0.39, 0.29) is 18.4 Å². The molecule has 0 saturated heterocycles. The molecule has 1 N–H and O–H groups in total. The van der Waals surface area contributed by atoms with Gasteiger partial charge in [-0.15, -0.1) is 11.3 Å². The minimum Gasteiger partial charge on any atom is -0.486 e. The fraction of sp³-hybridized carbons (Fsp3) is 0.238. The fourth-order valence-corrected chi connectivity index (χ4v) is 4.60. The number of hydrogen-bond donors (Lipinski definition) is 1. The largest absolute Gasteiger partial charge is 0.486 e. The number of rotatable bonds is 5. The van der Waals surface area contributed by atoms with Crippen LogP contribution in [0.5, 0.6) is 11.5 Å². The maximum Gasteiger partial charge on any atom is 0.265 e. The quantitative estimate of drug-likeness (QED) is 0.650. The van der Waals surface area contributed by atoms with E-state index in [1.165, 1.54) is 16.2 Å². The van der Waals surface area contributed by atoms with E-state index in [0.717, 1.165) is 10.1 Å². The van der Waals surface area contributed by atoms with Crippen molar-refractivity contribution in [3.63, 3.8) is 0 Å². The molecule has 0 saturated carbocycles. The van der Waals surface area contributed by atoms with Crippen LogP contribution in [0.2, 0.25) is 5.02 Å². The summed E-state index contributed by atoms with van der Waals surface area (Å²) in [7, 11) is 0. The average Bonchev–Trinajstić information content (AvgIpc) is 3.08. The van der Waals surface area contributed by atoms with Gasteiger partial charge in [0.2, 0.25) is 5.91 Å². The van der Waals surface area contributed by atoms with Gasteiger partial charge in [-0.3, -0.25) is 9.59 Å². The molecule has 0 aliphatic carbocycles. The van der Waals surface area contributed by atoms with Gasteiger partial charge in [-0.2, -0.15) is 0 Å². The van der Waals surface area contributed by atoms with Gasteiger partial charge >= 0.3 is 0 Å². The van der Waals surface area contributed by atoms with Crippen LogP contribution in [0, 0.1) is 0 Å². The van der Waals surface area contributed by atoms with E-state index >= 15 is 0 Å². The molecule has 6 nitrogen and oxygen atoms in total. The van der Waals surface area contributed by atoms with Gasteiger partial charge in [0.1, 0.15) is 24.6 Å². The SMILES string of the molecule is CCN(CC(=O)Nc1ccc2c(c1)OCCO2)C(=O)c1sc2ccccc2c1Cl. The van der Waals surface area contributed by atoms with Gasteiger partial charge in [-0.05, 0) is 25.1 Å². The summed E-state index contributed by atoms with van der Waals surface area (Å²) in [4.78, 5) is 27.4. The number of fused-ring (bicyclic) bond motifs is 2. The predicted octanol–water partition coefficient (Wildman–Crippen LogP) is 4.43. The third-order valence-corrected chi connectivity index (χ3v) is 6.22. The zero-order valence-corrected chi connectivity index (χ0v) is 17.3. The second-order valence-electron chi connectivity index (χ2n) is 6.47. The highest BCUT2D eigenvalue weighted by atomic mass is 35.5. The first-order chi connectivity index (χ1) is 14.1. The van der Waals surface area contributed by atoms with Gasteiger partial charge in [0, 0.05) is 28.4 Å². The molecule has 0 bridgehead atoms. The smallest absolute Gasteiger partial charge is 0.265 e. The Bertz CT molecular complexity index is 1080. The molecule has 3 aromatic rings. The molecule has 150 valence electrons. The molecule has 0 atom stereocenters. The van der Waals surface area contributed by atoms with E-state index in [9.17, 15) is 9.59 Å². The summed E-state index contributed by atoms with van der Waals surface area (Å²) < 4.78 is 12.0. The number of hydrogen-bond acceptors (Lipinski definition) is 5. The molecule has 1 aromatic heterocycles. The Morgan fingerprint density at radius 1 is 1.14 bits per heavy atom. The number of thiophene rings is 1. The van der Waals surface area contributed by atoms with Crippen molar-refractivity contribution in [2.75, 3.05) is 31.6 Å². The highest BCUT2D eigenvalue weighted by molar-refractivity contribution is 7.21. The van der Waals surface area contributed by atoms with E-state index in [4.69, 9.17) is 21.1 Å².